The Morgan fingerprint density at radius 3 is 2.33 bits per heavy atom. The summed E-state index contributed by atoms with van der Waals surface area (Å²) in [5, 5.41) is 2.56. The minimum absolute atomic E-state index is 0.435. The number of fused-ring (bicyclic) bond motifs is 4. The second-order valence-electron chi connectivity index (χ2n) is 9.25. The van der Waals surface area contributed by atoms with Crippen molar-refractivity contribution < 1.29 is 0 Å². The fraction of sp³-hybridized carbons (Fsp3) is 0.161. The smallest absolute Gasteiger partial charge is 0.159 e. The van der Waals surface area contributed by atoms with Crippen LogP contribution in [0.4, 0.5) is 0 Å². The third-order valence-electron chi connectivity index (χ3n) is 6.77. The van der Waals surface area contributed by atoms with Crippen molar-refractivity contribution in [2.45, 2.75) is 32.6 Å². The van der Waals surface area contributed by atoms with Gasteiger partial charge in [-0.25, -0.2) is 9.97 Å². The first-order valence-electron chi connectivity index (χ1n) is 11.7. The van der Waals surface area contributed by atoms with Gasteiger partial charge in [-0.15, -0.1) is 0 Å². The topological polar surface area (TPSA) is 25.8 Å². The normalized spacial score (nSPS) is 12.6. The lowest BCUT2D eigenvalue weighted by atomic mass is 9.87. The lowest BCUT2D eigenvalue weighted by Crippen LogP contribution is -2.08. The molecule has 0 spiro atoms. The maximum atomic E-state index is 5.12. The van der Waals surface area contributed by atoms with E-state index in [1.54, 1.807) is 0 Å². The molecule has 1 aliphatic rings. The van der Waals surface area contributed by atoms with Crippen LogP contribution in [-0.2, 0) is 12.8 Å². The molecule has 0 saturated carbocycles. The summed E-state index contributed by atoms with van der Waals surface area (Å²) in [6.07, 6.45) is 4.05. The Morgan fingerprint density at radius 1 is 0.697 bits per heavy atom. The van der Waals surface area contributed by atoms with Crippen LogP contribution in [0, 0.1) is 0 Å². The summed E-state index contributed by atoms with van der Waals surface area (Å²) in [6.45, 7) is 4.50. The fourth-order valence-corrected chi connectivity index (χ4v) is 5.02. The van der Waals surface area contributed by atoms with Gasteiger partial charge in [0.05, 0.1) is 5.69 Å². The average Bonchev–Trinajstić information content (AvgIpc) is 2.87. The molecule has 33 heavy (non-hydrogen) atoms. The molecule has 2 heteroatoms. The molecule has 1 aliphatic carbocycles. The number of rotatable bonds is 3. The van der Waals surface area contributed by atoms with Crippen LogP contribution >= 0.6 is 0 Å². The van der Waals surface area contributed by atoms with Gasteiger partial charge in [0.1, 0.15) is 0 Å². The Labute approximate surface area is 195 Å². The van der Waals surface area contributed by atoms with Crippen molar-refractivity contribution in [2.75, 3.05) is 0 Å². The van der Waals surface area contributed by atoms with Gasteiger partial charge >= 0.3 is 0 Å². The van der Waals surface area contributed by atoms with E-state index in [1.165, 1.54) is 44.2 Å². The molecular formula is C31H26N2. The number of aromatic nitrogens is 2. The van der Waals surface area contributed by atoms with Crippen LogP contribution in [0.5, 0.6) is 0 Å². The van der Waals surface area contributed by atoms with E-state index in [1.807, 2.05) is 6.20 Å². The first kappa shape index (κ1) is 19.9. The summed E-state index contributed by atoms with van der Waals surface area (Å²) in [6, 6.07) is 30.5. The van der Waals surface area contributed by atoms with Crippen LogP contribution in [0.15, 0.2) is 91.1 Å². The van der Waals surface area contributed by atoms with Crippen LogP contribution in [0.3, 0.4) is 0 Å². The van der Waals surface area contributed by atoms with Crippen molar-refractivity contribution in [3.05, 3.63) is 108 Å². The van der Waals surface area contributed by atoms with Crippen molar-refractivity contribution >= 4 is 10.8 Å². The molecule has 0 N–H and O–H groups in total. The molecule has 6 rings (SSSR count). The summed E-state index contributed by atoms with van der Waals surface area (Å²) in [7, 11) is 0. The van der Waals surface area contributed by atoms with Crippen molar-refractivity contribution in [3.8, 4) is 33.8 Å². The molecule has 0 aliphatic heterocycles. The Kier molecular flexibility index (Phi) is 4.80. The minimum atomic E-state index is 0.435. The molecule has 0 amide bonds. The van der Waals surface area contributed by atoms with E-state index < -0.39 is 0 Å². The standard InChI is InChI=1S/C31H26N2/c1-20(2)29-18-26(17-23-10-6-7-11-27(23)29)31-32-19-25-13-12-24-16-22(21-8-4-3-5-9-21)14-15-28(24)30(25)33-31/h3-11,14-20H,12-13H2,1-2H3. The summed E-state index contributed by atoms with van der Waals surface area (Å²) in [4.78, 5) is 9.92. The fourth-order valence-electron chi connectivity index (χ4n) is 5.02. The van der Waals surface area contributed by atoms with E-state index in [2.05, 4.69) is 98.8 Å². The van der Waals surface area contributed by atoms with Gasteiger partial charge in [-0.3, -0.25) is 0 Å². The Bertz CT molecular complexity index is 1480. The van der Waals surface area contributed by atoms with Gasteiger partial charge in [0, 0.05) is 17.3 Å². The van der Waals surface area contributed by atoms with Gasteiger partial charge in [0.15, 0.2) is 5.82 Å². The summed E-state index contributed by atoms with van der Waals surface area (Å²) in [5.74, 6) is 1.24. The van der Waals surface area contributed by atoms with Crippen molar-refractivity contribution in [1.29, 1.82) is 0 Å². The van der Waals surface area contributed by atoms with Crippen molar-refractivity contribution in [3.63, 3.8) is 0 Å². The Balaban J connectivity index is 1.47. The highest BCUT2D eigenvalue weighted by Gasteiger charge is 2.20. The largest absolute Gasteiger partial charge is 0.236 e. The predicted molar refractivity (Wildman–Crippen MR) is 137 cm³/mol. The number of nitrogens with zero attached hydrogens (tertiary/aromatic N) is 2. The highest BCUT2D eigenvalue weighted by molar-refractivity contribution is 5.90. The molecule has 1 heterocycles. The highest BCUT2D eigenvalue weighted by atomic mass is 14.9. The minimum Gasteiger partial charge on any atom is -0.236 e. The zero-order valence-corrected chi connectivity index (χ0v) is 19.0. The predicted octanol–water partition coefficient (Wildman–Crippen LogP) is 7.85. The molecule has 160 valence electrons. The van der Waals surface area contributed by atoms with Gasteiger partial charge in [0.2, 0.25) is 0 Å². The molecule has 0 atom stereocenters. The third kappa shape index (κ3) is 3.52. The molecule has 1 aromatic heterocycles. The number of aryl methyl sites for hydroxylation is 2. The molecule has 0 saturated heterocycles. The molecule has 5 aromatic rings. The van der Waals surface area contributed by atoms with E-state index >= 15 is 0 Å². The van der Waals surface area contributed by atoms with E-state index in [4.69, 9.17) is 9.97 Å². The van der Waals surface area contributed by atoms with Crippen LogP contribution in [-0.4, -0.2) is 9.97 Å². The molecule has 4 aromatic carbocycles. The van der Waals surface area contributed by atoms with Gasteiger partial charge in [-0.05, 0) is 69.5 Å². The quantitative estimate of drug-likeness (QED) is 0.293. The molecule has 0 radical (unpaired) electrons. The zero-order chi connectivity index (χ0) is 22.4. The summed E-state index contributed by atoms with van der Waals surface area (Å²) < 4.78 is 0. The highest BCUT2D eigenvalue weighted by Crippen LogP contribution is 2.36. The molecule has 0 bridgehead atoms. The lowest BCUT2D eigenvalue weighted by Gasteiger charge is -2.20. The van der Waals surface area contributed by atoms with Crippen LogP contribution in [0.2, 0.25) is 0 Å². The zero-order valence-electron chi connectivity index (χ0n) is 19.0. The number of benzene rings is 4. The number of hydrogen-bond donors (Lipinski definition) is 0. The maximum Gasteiger partial charge on any atom is 0.159 e. The molecule has 0 unspecified atom stereocenters. The molecular weight excluding hydrogens is 400 g/mol. The van der Waals surface area contributed by atoms with E-state index in [0.717, 1.165) is 29.9 Å². The average molecular weight is 427 g/mol. The number of hydrogen-bond acceptors (Lipinski definition) is 2. The van der Waals surface area contributed by atoms with Crippen LogP contribution in [0.1, 0.15) is 36.5 Å². The summed E-state index contributed by atoms with van der Waals surface area (Å²) in [5.41, 5.74) is 9.89. The first-order valence-corrected chi connectivity index (χ1v) is 11.7. The third-order valence-corrected chi connectivity index (χ3v) is 6.77. The van der Waals surface area contributed by atoms with E-state index in [-0.39, 0.29) is 0 Å². The molecule has 0 fully saturated rings. The monoisotopic (exact) mass is 426 g/mol. The van der Waals surface area contributed by atoms with Gasteiger partial charge in [-0.1, -0.05) is 86.6 Å². The SMILES string of the molecule is CC(C)c1cc(-c2ncc3c(n2)-c2ccc(-c4ccccc4)cc2CC3)cc2ccccc12. The van der Waals surface area contributed by atoms with Crippen LogP contribution in [0.25, 0.3) is 44.5 Å². The van der Waals surface area contributed by atoms with Gasteiger partial charge in [-0.2, -0.15) is 0 Å². The van der Waals surface area contributed by atoms with Gasteiger partial charge < -0.3 is 0 Å². The van der Waals surface area contributed by atoms with E-state index in [0.29, 0.717) is 5.92 Å². The van der Waals surface area contributed by atoms with Crippen molar-refractivity contribution in [1.82, 2.24) is 9.97 Å². The Hall–Kier alpha value is -3.78. The lowest BCUT2D eigenvalue weighted by molar-refractivity contribution is 0.876. The molecule has 2 nitrogen and oxygen atoms in total. The second kappa shape index (κ2) is 7.97. The van der Waals surface area contributed by atoms with E-state index in [9.17, 15) is 0 Å². The van der Waals surface area contributed by atoms with Gasteiger partial charge in [0.25, 0.3) is 0 Å². The second-order valence-corrected chi connectivity index (χ2v) is 9.25. The maximum absolute atomic E-state index is 5.12. The summed E-state index contributed by atoms with van der Waals surface area (Å²) >= 11 is 0. The Morgan fingerprint density at radius 2 is 1.48 bits per heavy atom. The van der Waals surface area contributed by atoms with Crippen LogP contribution < -0.4 is 0 Å². The first-order chi connectivity index (χ1) is 16.2. The van der Waals surface area contributed by atoms with Crippen molar-refractivity contribution in [2.24, 2.45) is 0 Å².